The molecule has 0 spiro atoms. The zero-order valence-electron chi connectivity index (χ0n) is 24.0. The maximum absolute atomic E-state index is 13.0. The minimum Gasteiger partial charge on any atom is -0.463 e. The van der Waals surface area contributed by atoms with E-state index in [2.05, 4.69) is 15.0 Å². The maximum Gasteiger partial charge on any atom is 0.308 e. The number of hydrogen-bond acceptors (Lipinski definition) is 12. The quantitative estimate of drug-likeness (QED) is 0.277. The Balaban J connectivity index is 1.91. The molecule has 0 aliphatic carbocycles. The number of nitrogens with zero attached hydrogens (tertiary/aromatic N) is 3. The van der Waals surface area contributed by atoms with Crippen LogP contribution in [0.5, 0.6) is 0 Å². The van der Waals surface area contributed by atoms with E-state index in [1.807, 2.05) is 19.1 Å². The van der Waals surface area contributed by atoms with Crippen molar-refractivity contribution in [2.24, 2.45) is 17.8 Å². The molecule has 222 valence electrons. The standard InChI is InChI=1S/C27H35N5O8S/c1-11(2)24(34)37-10-15-18(39-25(35)12(3)4)19(40-26(36)13(5)6)23(38-15)32-20(16-9-8-14(7)41-16)29-17-21(32)30-27(28)31-22(17)33/h8-9,11-13,15,18-19,23H,10H2,1-7H3,(H3,28,30,31,33)/t15-,18+,19-,23?/m0/s1. The number of anilines is 1. The first-order valence-electron chi connectivity index (χ1n) is 13.4. The first-order valence-corrected chi connectivity index (χ1v) is 14.2. The summed E-state index contributed by atoms with van der Waals surface area (Å²) in [5.74, 6) is -2.90. The number of nitrogens with two attached hydrogens (primary N) is 1. The number of H-pyrrole nitrogens is 1. The summed E-state index contributed by atoms with van der Waals surface area (Å²) in [6.07, 6.45) is -4.58. The fourth-order valence-corrected chi connectivity index (χ4v) is 5.01. The average Bonchev–Trinajstić information content (AvgIpc) is 3.58. The number of aromatic nitrogens is 4. The molecular formula is C27H35N5O8S. The third-order valence-corrected chi connectivity index (χ3v) is 7.37. The monoisotopic (exact) mass is 589 g/mol. The van der Waals surface area contributed by atoms with Crippen LogP contribution in [0.4, 0.5) is 5.95 Å². The molecule has 0 aromatic carbocycles. The molecule has 4 heterocycles. The summed E-state index contributed by atoms with van der Waals surface area (Å²) >= 11 is 1.42. The molecule has 3 aromatic heterocycles. The van der Waals surface area contributed by atoms with Crippen molar-refractivity contribution in [2.75, 3.05) is 12.3 Å². The van der Waals surface area contributed by atoms with Gasteiger partial charge in [-0.3, -0.25) is 28.7 Å². The van der Waals surface area contributed by atoms with Gasteiger partial charge in [0.25, 0.3) is 5.56 Å². The van der Waals surface area contributed by atoms with Gasteiger partial charge in [0.15, 0.2) is 35.4 Å². The van der Waals surface area contributed by atoms with E-state index in [-0.39, 0.29) is 23.7 Å². The number of nitrogens with one attached hydrogen (secondary N) is 1. The van der Waals surface area contributed by atoms with Crippen LogP contribution in [-0.2, 0) is 33.3 Å². The number of thiophene rings is 1. The molecule has 1 fully saturated rings. The number of ether oxygens (including phenoxy) is 4. The Labute approximate surface area is 240 Å². The molecular weight excluding hydrogens is 554 g/mol. The van der Waals surface area contributed by atoms with Gasteiger partial charge in [-0.15, -0.1) is 11.3 Å². The zero-order chi connectivity index (χ0) is 30.2. The largest absolute Gasteiger partial charge is 0.463 e. The van der Waals surface area contributed by atoms with Crippen molar-refractivity contribution in [1.82, 2.24) is 19.5 Å². The first kappa shape index (κ1) is 30.2. The lowest BCUT2D eigenvalue weighted by molar-refractivity contribution is -0.173. The van der Waals surface area contributed by atoms with E-state index in [0.29, 0.717) is 10.7 Å². The second kappa shape index (κ2) is 12.0. The van der Waals surface area contributed by atoms with Gasteiger partial charge in [0.2, 0.25) is 5.95 Å². The molecule has 1 unspecified atom stereocenters. The van der Waals surface area contributed by atoms with E-state index in [1.165, 1.54) is 15.9 Å². The molecule has 4 rings (SSSR count). The molecule has 1 saturated heterocycles. The number of aromatic amines is 1. The lowest BCUT2D eigenvalue weighted by Gasteiger charge is -2.26. The smallest absolute Gasteiger partial charge is 0.308 e. The van der Waals surface area contributed by atoms with Crippen molar-refractivity contribution in [3.8, 4) is 10.7 Å². The van der Waals surface area contributed by atoms with Crippen LogP contribution in [0.15, 0.2) is 16.9 Å². The molecule has 3 N–H and O–H groups in total. The van der Waals surface area contributed by atoms with Gasteiger partial charge in [-0.1, -0.05) is 41.5 Å². The number of carbonyl (C=O) groups excluding carboxylic acids is 3. The van der Waals surface area contributed by atoms with Gasteiger partial charge < -0.3 is 24.7 Å². The Bertz CT molecular complexity index is 1510. The Morgan fingerprint density at radius 3 is 2.17 bits per heavy atom. The topological polar surface area (TPSA) is 178 Å². The molecule has 0 bridgehead atoms. The highest BCUT2D eigenvalue weighted by Gasteiger charge is 2.52. The van der Waals surface area contributed by atoms with Crippen LogP contribution in [0.3, 0.4) is 0 Å². The van der Waals surface area contributed by atoms with E-state index in [4.69, 9.17) is 24.7 Å². The molecule has 0 saturated carbocycles. The second-order valence-corrected chi connectivity index (χ2v) is 12.1. The number of fused-ring (bicyclic) bond motifs is 1. The van der Waals surface area contributed by atoms with Crippen LogP contribution in [0.2, 0.25) is 0 Å². The second-order valence-electron chi connectivity index (χ2n) is 10.8. The Morgan fingerprint density at radius 2 is 1.61 bits per heavy atom. The number of nitrogen functional groups attached to an aromatic ring is 1. The summed E-state index contributed by atoms with van der Waals surface area (Å²) in [6.45, 7) is 11.7. The highest BCUT2D eigenvalue weighted by molar-refractivity contribution is 7.15. The number of hydrogen-bond donors (Lipinski definition) is 2. The predicted octanol–water partition coefficient (Wildman–Crippen LogP) is 2.97. The predicted molar refractivity (Wildman–Crippen MR) is 150 cm³/mol. The van der Waals surface area contributed by atoms with Crippen LogP contribution in [0.1, 0.15) is 52.6 Å². The highest BCUT2D eigenvalue weighted by Crippen LogP contribution is 2.40. The van der Waals surface area contributed by atoms with Gasteiger partial charge >= 0.3 is 17.9 Å². The Morgan fingerprint density at radius 1 is 1.00 bits per heavy atom. The van der Waals surface area contributed by atoms with E-state index in [9.17, 15) is 19.2 Å². The van der Waals surface area contributed by atoms with Crippen LogP contribution in [0, 0.1) is 24.7 Å². The number of aryl methyl sites for hydroxylation is 1. The van der Waals surface area contributed by atoms with Crippen molar-refractivity contribution >= 4 is 46.4 Å². The minimum atomic E-state index is -1.21. The normalized spacial score (nSPS) is 20.7. The first-order chi connectivity index (χ1) is 19.3. The van der Waals surface area contributed by atoms with Crippen molar-refractivity contribution in [1.29, 1.82) is 0 Å². The van der Waals surface area contributed by atoms with Crippen molar-refractivity contribution in [2.45, 2.75) is 73.0 Å². The van der Waals surface area contributed by atoms with E-state index >= 15 is 0 Å². The molecule has 14 heteroatoms. The molecule has 1 aliphatic rings. The molecule has 13 nitrogen and oxygen atoms in total. The molecule has 41 heavy (non-hydrogen) atoms. The Hall–Kier alpha value is -3.78. The van der Waals surface area contributed by atoms with E-state index < -0.39 is 65.8 Å². The highest BCUT2D eigenvalue weighted by atomic mass is 32.1. The lowest BCUT2D eigenvalue weighted by Crippen LogP contribution is -2.42. The van der Waals surface area contributed by atoms with Gasteiger partial charge in [-0.05, 0) is 19.1 Å². The maximum atomic E-state index is 13.0. The molecule has 3 aromatic rings. The zero-order valence-corrected chi connectivity index (χ0v) is 24.8. The summed E-state index contributed by atoms with van der Waals surface area (Å²) in [6, 6.07) is 3.72. The van der Waals surface area contributed by atoms with Crippen molar-refractivity contribution < 1.29 is 33.3 Å². The van der Waals surface area contributed by atoms with Gasteiger partial charge in [-0.2, -0.15) is 4.98 Å². The van der Waals surface area contributed by atoms with E-state index in [1.54, 1.807) is 41.5 Å². The average molecular weight is 590 g/mol. The van der Waals surface area contributed by atoms with Gasteiger partial charge in [0.1, 0.15) is 12.7 Å². The lowest BCUT2D eigenvalue weighted by atomic mass is 10.1. The number of esters is 3. The van der Waals surface area contributed by atoms with Crippen molar-refractivity contribution in [3.05, 3.63) is 27.4 Å². The summed E-state index contributed by atoms with van der Waals surface area (Å²) in [5.41, 5.74) is 5.40. The molecule has 1 aliphatic heterocycles. The third kappa shape index (κ3) is 6.27. The molecule has 4 atom stereocenters. The van der Waals surface area contributed by atoms with Gasteiger partial charge in [0.05, 0.1) is 22.6 Å². The summed E-state index contributed by atoms with van der Waals surface area (Å²) in [5, 5.41) is 0. The van der Waals surface area contributed by atoms with Crippen LogP contribution >= 0.6 is 11.3 Å². The third-order valence-electron chi connectivity index (χ3n) is 6.38. The number of rotatable bonds is 9. The summed E-state index contributed by atoms with van der Waals surface area (Å²) < 4.78 is 25.1. The van der Waals surface area contributed by atoms with E-state index in [0.717, 1.165) is 4.88 Å². The van der Waals surface area contributed by atoms with Crippen molar-refractivity contribution in [3.63, 3.8) is 0 Å². The summed E-state index contributed by atoms with van der Waals surface area (Å²) in [7, 11) is 0. The fraction of sp³-hybridized carbons (Fsp3) is 0.556. The van der Waals surface area contributed by atoms with Gasteiger partial charge in [0, 0.05) is 4.88 Å². The fourth-order valence-electron chi connectivity index (χ4n) is 4.16. The summed E-state index contributed by atoms with van der Waals surface area (Å²) in [4.78, 5) is 64.0. The Kier molecular flexibility index (Phi) is 8.83. The number of imidazole rings is 1. The number of carbonyl (C=O) groups is 3. The minimum absolute atomic E-state index is 0.0109. The van der Waals surface area contributed by atoms with Crippen LogP contribution < -0.4 is 11.3 Å². The van der Waals surface area contributed by atoms with Crippen LogP contribution in [-0.4, -0.2) is 62.3 Å². The SMILES string of the molecule is Cc1ccc(-c2nc3c(=O)[nH]c(N)nc3n2C2O[C@@H](COC(=O)C(C)C)[C@@H](OC(=O)C(C)C)[C@@H]2OC(=O)C(C)C)s1. The van der Waals surface area contributed by atoms with Crippen LogP contribution in [0.25, 0.3) is 21.9 Å². The molecule has 0 amide bonds. The molecule has 0 radical (unpaired) electrons. The van der Waals surface area contributed by atoms with Gasteiger partial charge in [-0.25, -0.2) is 4.98 Å².